The van der Waals surface area contributed by atoms with Crippen LogP contribution in [-0.2, 0) is 22.5 Å². The lowest BCUT2D eigenvalue weighted by Gasteiger charge is -2.14. The van der Waals surface area contributed by atoms with E-state index in [2.05, 4.69) is 19.0 Å². The van der Waals surface area contributed by atoms with Gasteiger partial charge in [0.2, 0.25) is 5.82 Å². The number of alkyl halides is 3. The standard InChI is InChI=1S/C19H18F3N3O2S/c1-13(2)28(26,16-6-4-3-5-7-16)23-12-14-8-10-15(11-9-14)17-24-18(27-25-17)19(20,21)22/h3-11,13H,12H2,1-2H3. The lowest BCUT2D eigenvalue weighted by Crippen LogP contribution is -2.14. The lowest BCUT2D eigenvalue weighted by atomic mass is 10.1. The summed E-state index contributed by atoms with van der Waals surface area (Å²) in [5.41, 5.74) is 1.16. The van der Waals surface area contributed by atoms with Crippen LogP contribution in [0.15, 0.2) is 68.4 Å². The van der Waals surface area contributed by atoms with Gasteiger partial charge in [-0.1, -0.05) is 47.6 Å². The van der Waals surface area contributed by atoms with Crippen LogP contribution in [0.3, 0.4) is 0 Å². The number of benzene rings is 2. The van der Waals surface area contributed by atoms with E-state index in [0.717, 1.165) is 5.56 Å². The number of halogens is 3. The second-order valence-electron chi connectivity index (χ2n) is 6.34. The quantitative estimate of drug-likeness (QED) is 0.581. The van der Waals surface area contributed by atoms with Gasteiger partial charge in [0.05, 0.1) is 16.3 Å². The summed E-state index contributed by atoms with van der Waals surface area (Å²) in [6.45, 7) is 3.93. The first-order valence-corrected chi connectivity index (χ1v) is 10.0. The molecule has 9 heteroatoms. The van der Waals surface area contributed by atoms with Crippen LogP contribution in [0, 0.1) is 0 Å². The van der Waals surface area contributed by atoms with Gasteiger partial charge in [0.25, 0.3) is 0 Å². The Morgan fingerprint density at radius 3 is 2.25 bits per heavy atom. The molecule has 1 atom stereocenters. The van der Waals surface area contributed by atoms with Crippen molar-refractivity contribution in [1.29, 1.82) is 0 Å². The summed E-state index contributed by atoms with van der Waals surface area (Å²) in [7, 11) is -2.60. The maximum Gasteiger partial charge on any atom is 0.471 e. The van der Waals surface area contributed by atoms with Gasteiger partial charge in [0.15, 0.2) is 0 Å². The average molecular weight is 409 g/mol. The third-order valence-electron chi connectivity index (χ3n) is 4.04. The highest BCUT2D eigenvalue weighted by Crippen LogP contribution is 2.29. The number of hydrogen-bond acceptors (Lipinski definition) is 5. The van der Waals surface area contributed by atoms with Crippen LogP contribution in [0.2, 0.25) is 0 Å². The Morgan fingerprint density at radius 2 is 1.71 bits per heavy atom. The van der Waals surface area contributed by atoms with E-state index in [1.165, 1.54) is 0 Å². The summed E-state index contributed by atoms with van der Waals surface area (Å²) in [5.74, 6) is -1.54. The van der Waals surface area contributed by atoms with Gasteiger partial charge in [-0.3, -0.25) is 0 Å². The molecular weight excluding hydrogens is 391 g/mol. The number of aromatic nitrogens is 2. The van der Waals surface area contributed by atoms with Crippen LogP contribution in [-0.4, -0.2) is 19.6 Å². The Morgan fingerprint density at radius 1 is 1.07 bits per heavy atom. The minimum absolute atomic E-state index is 0.147. The van der Waals surface area contributed by atoms with Crippen LogP contribution in [0.1, 0.15) is 25.3 Å². The molecule has 0 amide bonds. The van der Waals surface area contributed by atoms with Crippen molar-refractivity contribution in [2.45, 2.75) is 36.7 Å². The van der Waals surface area contributed by atoms with Crippen molar-refractivity contribution in [2.75, 3.05) is 0 Å². The Balaban J connectivity index is 1.83. The number of rotatable bonds is 5. The van der Waals surface area contributed by atoms with Gasteiger partial charge >= 0.3 is 12.1 Å². The molecule has 148 valence electrons. The van der Waals surface area contributed by atoms with Gasteiger partial charge in [-0.25, -0.2) is 8.57 Å². The summed E-state index contributed by atoms with van der Waals surface area (Å²) < 4.78 is 59.7. The van der Waals surface area contributed by atoms with Crippen molar-refractivity contribution in [1.82, 2.24) is 10.1 Å². The Bertz CT molecular complexity index is 1050. The maximum atomic E-state index is 13.3. The minimum atomic E-state index is -4.68. The fourth-order valence-corrected chi connectivity index (χ4v) is 4.38. The van der Waals surface area contributed by atoms with Crippen molar-refractivity contribution in [2.24, 2.45) is 4.36 Å². The second kappa shape index (κ2) is 7.75. The van der Waals surface area contributed by atoms with E-state index in [9.17, 15) is 17.4 Å². The molecule has 2 aromatic carbocycles. The first-order chi connectivity index (χ1) is 13.2. The van der Waals surface area contributed by atoms with Gasteiger partial charge in [0.1, 0.15) is 0 Å². The van der Waals surface area contributed by atoms with E-state index in [1.807, 2.05) is 32.0 Å². The van der Waals surface area contributed by atoms with Crippen molar-refractivity contribution in [3.8, 4) is 11.4 Å². The summed E-state index contributed by atoms with van der Waals surface area (Å²) in [6.07, 6.45) is -4.68. The van der Waals surface area contributed by atoms with Gasteiger partial charge in [-0.2, -0.15) is 18.2 Å². The van der Waals surface area contributed by atoms with Gasteiger partial charge in [-0.15, -0.1) is 0 Å². The molecule has 3 aromatic rings. The largest absolute Gasteiger partial charge is 0.471 e. The van der Waals surface area contributed by atoms with Gasteiger partial charge < -0.3 is 4.52 Å². The second-order valence-corrected chi connectivity index (χ2v) is 9.15. The molecule has 0 bridgehead atoms. The van der Waals surface area contributed by atoms with Gasteiger partial charge in [0, 0.05) is 15.7 Å². The Kier molecular flexibility index (Phi) is 5.55. The molecule has 0 N–H and O–H groups in total. The molecule has 5 nitrogen and oxygen atoms in total. The van der Waals surface area contributed by atoms with Gasteiger partial charge in [-0.05, 0) is 31.5 Å². The van der Waals surface area contributed by atoms with E-state index in [0.29, 0.717) is 10.5 Å². The maximum absolute atomic E-state index is 13.3. The normalized spacial score (nSPS) is 14.1. The summed E-state index contributed by atoms with van der Waals surface area (Å²) >= 11 is 0. The molecule has 1 aromatic heterocycles. The molecule has 0 spiro atoms. The van der Waals surface area contributed by atoms with Crippen LogP contribution in [0.4, 0.5) is 13.2 Å². The predicted molar refractivity (Wildman–Crippen MR) is 98.9 cm³/mol. The molecule has 0 saturated carbocycles. The summed E-state index contributed by atoms with van der Waals surface area (Å²) in [5, 5.41) is 3.18. The zero-order valence-electron chi connectivity index (χ0n) is 15.2. The van der Waals surface area contributed by atoms with E-state index in [-0.39, 0.29) is 17.6 Å². The molecule has 1 heterocycles. The Labute approximate surface area is 160 Å². The van der Waals surface area contributed by atoms with Crippen LogP contribution in [0.25, 0.3) is 11.4 Å². The number of nitrogens with zero attached hydrogens (tertiary/aromatic N) is 3. The van der Waals surface area contributed by atoms with Crippen molar-refractivity contribution >= 4 is 9.73 Å². The first kappa shape index (κ1) is 20.1. The fraction of sp³-hybridized carbons (Fsp3) is 0.263. The molecule has 3 rings (SSSR count). The molecule has 0 radical (unpaired) electrons. The monoisotopic (exact) mass is 409 g/mol. The van der Waals surface area contributed by atoms with Crippen LogP contribution < -0.4 is 0 Å². The van der Waals surface area contributed by atoms with E-state index in [1.54, 1.807) is 36.4 Å². The third-order valence-corrected chi connectivity index (χ3v) is 6.78. The highest BCUT2D eigenvalue weighted by atomic mass is 32.2. The summed E-state index contributed by atoms with van der Waals surface area (Å²) in [4.78, 5) is 4.03. The minimum Gasteiger partial charge on any atom is -0.329 e. The zero-order chi connectivity index (χ0) is 20.4. The topological polar surface area (TPSA) is 68.3 Å². The molecule has 0 fully saturated rings. The molecule has 0 aliphatic carbocycles. The molecule has 0 aliphatic rings. The van der Waals surface area contributed by atoms with Crippen molar-refractivity contribution < 1.29 is 21.9 Å². The SMILES string of the molecule is CC(C)S(=O)(=NCc1ccc(-c2noc(C(F)(F)F)n2)cc1)c1ccccc1. The number of hydrogen-bond donors (Lipinski definition) is 0. The van der Waals surface area contributed by atoms with E-state index < -0.39 is 21.8 Å². The molecular formula is C19H18F3N3O2S. The first-order valence-electron chi connectivity index (χ1n) is 8.47. The Hall–Kier alpha value is -2.68. The molecule has 28 heavy (non-hydrogen) atoms. The lowest BCUT2D eigenvalue weighted by molar-refractivity contribution is -0.159. The predicted octanol–water partition coefficient (Wildman–Crippen LogP) is 5.19. The molecule has 0 saturated heterocycles. The summed E-state index contributed by atoms with van der Waals surface area (Å²) in [6, 6.07) is 15.6. The van der Waals surface area contributed by atoms with Crippen molar-refractivity contribution in [3.05, 3.63) is 66.1 Å². The molecule has 1 unspecified atom stereocenters. The average Bonchev–Trinajstić information content (AvgIpc) is 3.18. The fourth-order valence-electron chi connectivity index (χ4n) is 2.50. The molecule has 0 aliphatic heterocycles. The smallest absolute Gasteiger partial charge is 0.329 e. The highest BCUT2D eigenvalue weighted by Gasteiger charge is 2.38. The van der Waals surface area contributed by atoms with E-state index >= 15 is 0 Å². The highest BCUT2D eigenvalue weighted by molar-refractivity contribution is 7.94. The van der Waals surface area contributed by atoms with Crippen LogP contribution in [0.5, 0.6) is 0 Å². The van der Waals surface area contributed by atoms with Crippen molar-refractivity contribution in [3.63, 3.8) is 0 Å². The van der Waals surface area contributed by atoms with Crippen LogP contribution >= 0.6 is 0 Å². The zero-order valence-corrected chi connectivity index (χ0v) is 16.0. The third kappa shape index (κ3) is 4.24. The van der Waals surface area contributed by atoms with E-state index in [4.69, 9.17) is 0 Å².